The lowest BCUT2D eigenvalue weighted by Crippen LogP contribution is -2.37. The maximum absolute atomic E-state index is 9.21. The van der Waals surface area contributed by atoms with Crippen LogP contribution in [-0.4, -0.2) is 41.4 Å². The summed E-state index contributed by atoms with van der Waals surface area (Å²) in [7, 11) is 0. The molecule has 5 nitrogen and oxygen atoms in total. The maximum atomic E-state index is 9.21. The second-order valence-electron chi connectivity index (χ2n) is 4.28. The zero-order valence-corrected chi connectivity index (χ0v) is 10.2. The first kappa shape index (κ1) is 12.1. The Morgan fingerprint density at radius 3 is 3.18 bits per heavy atom. The Labute approximate surface area is 101 Å². The first-order valence-corrected chi connectivity index (χ1v) is 6.14. The van der Waals surface area contributed by atoms with Crippen molar-refractivity contribution in [1.29, 1.82) is 0 Å². The van der Waals surface area contributed by atoms with Gasteiger partial charge >= 0.3 is 0 Å². The minimum absolute atomic E-state index is 0.250. The van der Waals surface area contributed by atoms with Crippen molar-refractivity contribution in [1.82, 2.24) is 9.97 Å². The number of ether oxygens (including phenoxy) is 1. The molecule has 1 aromatic heterocycles. The van der Waals surface area contributed by atoms with Crippen LogP contribution in [0, 0.1) is 5.92 Å². The van der Waals surface area contributed by atoms with Gasteiger partial charge in [0.2, 0.25) is 5.88 Å². The van der Waals surface area contributed by atoms with E-state index < -0.39 is 0 Å². The van der Waals surface area contributed by atoms with Crippen molar-refractivity contribution in [2.75, 3.05) is 31.2 Å². The van der Waals surface area contributed by atoms with E-state index >= 15 is 0 Å². The van der Waals surface area contributed by atoms with Gasteiger partial charge in [-0.2, -0.15) is 0 Å². The molecule has 0 amide bonds. The normalized spacial score (nSPS) is 20.4. The Balaban J connectivity index is 2.07. The fraction of sp³-hybridized carbons (Fsp3) is 0.667. The van der Waals surface area contributed by atoms with Crippen molar-refractivity contribution < 1.29 is 9.84 Å². The number of anilines is 1. The van der Waals surface area contributed by atoms with Crippen LogP contribution in [-0.2, 0) is 0 Å². The highest BCUT2D eigenvalue weighted by Gasteiger charge is 2.20. The minimum atomic E-state index is 0.250. The molecule has 0 unspecified atom stereocenters. The number of aliphatic hydroxyl groups is 1. The van der Waals surface area contributed by atoms with Gasteiger partial charge in [0.1, 0.15) is 12.1 Å². The molecule has 94 valence electrons. The largest absolute Gasteiger partial charge is 0.478 e. The summed E-state index contributed by atoms with van der Waals surface area (Å²) in [6, 6.07) is 1.86. The Morgan fingerprint density at radius 2 is 2.41 bits per heavy atom. The average molecular weight is 237 g/mol. The molecule has 1 atom stereocenters. The smallest absolute Gasteiger partial charge is 0.218 e. The van der Waals surface area contributed by atoms with E-state index in [0.717, 1.165) is 31.7 Å². The third-order valence-corrected chi connectivity index (χ3v) is 3.02. The van der Waals surface area contributed by atoms with Gasteiger partial charge in [-0.25, -0.2) is 9.97 Å². The minimum Gasteiger partial charge on any atom is -0.478 e. The van der Waals surface area contributed by atoms with Crippen LogP contribution in [0.1, 0.15) is 19.8 Å². The molecule has 17 heavy (non-hydrogen) atoms. The van der Waals surface area contributed by atoms with Gasteiger partial charge < -0.3 is 14.7 Å². The molecular formula is C12H19N3O2. The Kier molecular flexibility index (Phi) is 4.14. The summed E-state index contributed by atoms with van der Waals surface area (Å²) >= 11 is 0. The summed E-state index contributed by atoms with van der Waals surface area (Å²) < 4.78 is 5.36. The number of rotatable bonds is 4. The van der Waals surface area contributed by atoms with Crippen LogP contribution in [0.15, 0.2) is 12.4 Å². The van der Waals surface area contributed by atoms with E-state index in [1.807, 2.05) is 13.0 Å². The van der Waals surface area contributed by atoms with Crippen LogP contribution in [0.3, 0.4) is 0 Å². The Morgan fingerprint density at radius 1 is 1.53 bits per heavy atom. The molecule has 0 spiro atoms. The molecule has 0 radical (unpaired) electrons. The van der Waals surface area contributed by atoms with Crippen LogP contribution >= 0.6 is 0 Å². The summed E-state index contributed by atoms with van der Waals surface area (Å²) in [6.07, 6.45) is 3.72. The maximum Gasteiger partial charge on any atom is 0.218 e. The van der Waals surface area contributed by atoms with Gasteiger partial charge in [0.25, 0.3) is 0 Å². The summed E-state index contributed by atoms with van der Waals surface area (Å²) in [5.74, 6) is 1.86. The molecule has 0 bridgehead atoms. The van der Waals surface area contributed by atoms with Crippen LogP contribution in [0.5, 0.6) is 5.88 Å². The molecule has 1 aliphatic heterocycles. The topological polar surface area (TPSA) is 58.5 Å². The lowest BCUT2D eigenvalue weighted by Gasteiger charge is -2.32. The number of piperidine rings is 1. The molecule has 1 aromatic rings. The number of hydrogen-bond acceptors (Lipinski definition) is 5. The number of aliphatic hydroxyl groups excluding tert-OH is 1. The Hall–Kier alpha value is -1.36. The van der Waals surface area contributed by atoms with Gasteiger partial charge in [-0.1, -0.05) is 0 Å². The SMILES string of the molecule is CCOc1cc(N2CCC[C@H](CO)C2)ncn1. The lowest BCUT2D eigenvalue weighted by atomic mass is 9.99. The van der Waals surface area contributed by atoms with Crippen molar-refractivity contribution in [3.05, 3.63) is 12.4 Å². The standard InChI is InChI=1S/C12H19N3O2/c1-2-17-12-6-11(13-9-14-12)15-5-3-4-10(7-15)8-16/h6,9-10,16H,2-5,7-8H2,1H3/t10-/m0/s1. The van der Waals surface area contributed by atoms with Gasteiger partial charge in [0, 0.05) is 25.8 Å². The van der Waals surface area contributed by atoms with Crippen LogP contribution in [0.25, 0.3) is 0 Å². The molecule has 2 heterocycles. The first-order chi connectivity index (χ1) is 8.33. The van der Waals surface area contributed by atoms with E-state index in [0.29, 0.717) is 18.4 Å². The van der Waals surface area contributed by atoms with Crippen molar-refractivity contribution in [2.45, 2.75) is 19.8 Å². The van der Waals surface area contributed by atoms with Crippen molar-refractivity contribution in [2.24, 2.45) is 5.92 Å². The van der Waals surface area contributed by atoms with Crippen LogP contribution in [0.4, 0.5) is 5.82 Å². The molecule has 1 aliphatic rings. The number of aromatic nitrogens is 2. The van der Waals surface area contributed by atoms with Crippen molar-refractivity contribution >= 4 is 5.82 Å². The monoisotopic (exact) mass is 237 g/mol. The van der Waals surface area contributed by atoms with Crippen molar-refractivity contribution in [3.8, 4) is 5.88 Å². The van der Waals surface area contributed by atoms with Gasteiger partial charge in [-0.05, 0) is 25.7 Å². The quantitative estimate of drug-likeness (QED) is 0.849. The summed E-state index contributed by atoms with van der Waals surface area (Å²) in [5.41, 5.74) is 0. The van der Waals surface area contributed by atoms with Crippen LogP contribution in [0.2, 0.25) is 0 Å². The Bertz CT molecular complexity index is 359. The highest BCUT2D eigenvalue weighted by molar-refractivity contribution is 5.41. The second kappa shape index (κ2) is 5.82. The number of nitrogens with zero attached hydrogens (tertiary/aromatic N) is 3. The predicted molar refractivity (Wildman–Crippen MR) is 65.2 cm³/mol. The molecule has 0 aromatic carbocycles. The van der Waals surface area contributed by atoms with E-state index in [1.165, 1.54) is 6.33 Å². The molecule has 1 fully saturated rings. The number of hydrogen-bond donors (Lipinski definition) is 1. The van der Waals surface area contributed by atoms with Gasteiger partial charge in [-0.3, -0.25) is 0 Å². The fourth-order valence-electron chi connectivity index (χ4n) is 2.15. The van der Waals surface area contributed by atoms with E-state index in [4.69, 9.17) is 4.74 Å². The summed E-state index contributed by atoms with van der Waals surface area (Å²) in [4.78, 5) is 10.5. The first-order valence-electron chi connectivity index (χ1n) is 6.14. The second-order valence-corrected chi connectivity index (χ2v) is 4.28. The van der Waals surface area contributed by atoms with E-state index in [9.17, 15) is 5.11 Å². The highest BCUT2D eigenvalue weighted by atomic mass is 16.5. The van der Waals surface area contributed by atoms with Crippen LogP contribution < -0.4 is 9.64 Å². The fourth-order valence-corrected chi connectivity index (χ4v) is 2.15. The molecule has 2 rings (SSSR count). The zero-order valence-electron chi connectivity index (χ0n) is 10.2. The predicted octanol–water partition coefficient (Wildman–Crippen LogP) is 1.08. The molecular weight excluding hydrogens is 218 g/mol. The van der Waals surface area contributed by atoms with Crippen molar-refractivity contribution in [3.63, 3.8) is 0 Å². The molecule has 1 saturated heterocycles. The summed E-state index contributed by atoms with van der Waals surface area (Å²) in [5, 5.41) is 9.21. The molecule has 0 saturated carbocycles. The average Bonchev–Trinajstić information content (AvgIpc) is 2.40. The summed E-state index contributed by atoms with van der Waals surface area (Å²) in [6.45, 7) is 4.64. The highest BCUT2D eigenvalue weighted by Crippen LogP contribution is 2.22. The van der Waals surface area contributed by atoms with Gasteiger partial charge in [0.15, 0.2) is 0 Å². The lowest BCUT2D eigenvalue weighted by molar-refractivity contribution is 0.208. The molecule has 1 N–H and O–H groups in total. The third-order valence-electron chi connectivity index (χ3n) is 3.02. The third kappa shape index (κ3) is 3.06. The van der Waals surface area contributed by atoms with E-state index in [-0.39, 0.29) is 6.61 Å². The molecule has 0 aliphatic carbocycles. The van der Waals surface area contributed by atoms with Gasteiger partial charge in [-0.15, -0.1) is 0 Å². The zero-order chi connectivity index (χ0) is 12.1. The van der Waals surface area contributed by atoms with Gasteiger partial charge in [0.05, 0.1) is 6.61 Å². The van der Waals surface area contributed by atoms with E-state index in [2.05, 4.69) is 14.9 Å². The van der Waals surface area contributed by atoms with E-state index in [1.54, 1.807) is 0 Å². The molecule has 5 heteroatoms.